The fourth-order valence-corrected chi connectivity index (χ4v) is 4.24. The van der Waals surface area contributed by atoms with E-state index >= 15 is 0 Å². The quantitative estimate of drug-likeness (QED) is 0.293. The summed E-state index contributed by atoms with van der Waals surface area (Å²) < 4.78 is 5.98. The third kappa shape index (κ3) is 5.70. The molecule has 1 aromatic heterocycles. The first-order chi connectivity index (χ1) is 17.2. The molecule has 5 nitrogen and oxygen atoms in total. The van der Waals surface area contributed by atoms with Gasteiger partial charge in [0.15, 0.2) is 0 Å². The second kappa shape index (κ2) is 10.7. The molecule has 1 aliphatic heterocycles. The maximum absolute atomic E-state index is 13.4. The molecule has 176 valence electrons. The average Bonchev–Trinajstić information content (AvgIpc) is 2.92. The van der Waals surface area contributed by atoms with E-state index in [1.54, 1.807) is 0 Å². The smallest absolute Gasteiger partial charge is 0.254 e. The number of carbonyl (C=O) groups is 1. The Kier molecular flexibility index (Phi) is 7.07. The Morgan fingerprint density at radius 1 is 0.943 bits per heavy atom. The molecule has 4 aromatic rings. The highest BCUT2D eigenvalue weighted by atomic mass is 35.5. The summed E-state index contributed by atoms with van der Waals surface area (Å²) in [5.74, 6) is 0.750. The number of para-hydroxylation sites is 1. The van der Waals surface area contributed by atoms with E-state index in [0.29, 0.717) is 30.3 Å². The highest BCUT2D eigenvalue weighted by Crippen LogP contribution is 2.25. The number of benzene rings is 3. The van der Waals surface area contributed by atoms with E-state index in [1.807, 2.05) is 89.8 Å². The van der Waals surface area contributed by atoms with Crippen LogP contribution in [0.3, 0.4) is 0 Å². The van der Waals surface area contributed by atoms with Crippen molar-refractivity contribution in [3.05, 3.63) is 107 Å². The van der Waals surface area contributed by atoms with Crippen LogP contribution in [0.4, 0.5) is 0 Å². The molecule has 1 N–H and O–H groups in total. The molecule has 2 heterocycles. The lowest BCUT2D eigenvalue weighted by atomic mass is 10.0. The first-order valence-corrected chi connectivity index (χ1v) is 12.1. The number of nitrogens with one attached hydrogen (secondary N) is 1. The minimum atomic E-state index is 0.0236. The van der Waals surface area contributed by atoms with Gasteiger partial charge in [-0.25, -0.2) is 4.98 Å². The van der Waals surface area contributed by atoms with Gasteiger partial charge in [-0.05, 0) is 53.6 Å². The molecule has 1 amide bonds. The molecule has 3 aromatic carbocycles. The minimum Gasteiger partial charge on any atom is -0.487 e. The van der Waals surface area contributed by atoms with E-state index in [4.69, 9.17) is 16.3 Å². The minimum absolute atomic E-state index is 0.0236. The molecule has 5 rings (SSSR count). The number of amides is 1. The zero-order chi connectivity index (χ0) is 24.0. The molecular weight excluding hydrogens is 458 g/mol. The van der Waals surface area contributed by atoms with Gasteiger partial charge < -0.3 is 15.0 Å². The number of hydrogen-bond acceptors (Lipinski definition) is 4. The van der Waals surface area contributed by atoms with Gasteiger partial charge in [-0.1, -0.05) is 60.1 Å². The van der Waals surface area contributed by atoms with Crippen molar-refractivity contribution < 1.29 is 9.53 Å². The summed E-state index contributed by atoms with van der Waals surface area (Å²) in [6.07, 6.45) is 1.93. The van der Waals surface area contributed by atoms with Gasteiger partial charge in [-0.2, -0.15) is 0 Å². The molecule has 0 spiro atoms. The van der Waals surface area contributed by atoms with Crippen molar-refractivity contribution in [2.45, 2.75) is 6.61 Å². The van der Waals surface area contributed by atoms with Gasteiger partial charge in [0.05, 0.1) is 11.2 Å². The molecule has 35 heavy (non-hydrogen) atoms. The standard InChI is InChI=1S/C29H26ClN3O2/c30-24-10-5-21(6-11-24)19-27(29(34)33-17-15-31-16-18-33)22-8-13-26(14-9-22)35-20-25-12-7-23-3-1-2-4-28(23)32-25/h1-14,19,31H,15-18,20H2/b27-19+. The van der Waals surface area contributed by atoms with E-state index in [2.05, 4.69) is 16.4 Å². The number of nitrogens with zero attached hydrogens (tertiary/aromatic N) is 2. The molecule has 6 heteroatoms. The fraction of sp³-hybridized carbons (Fsp3) is 0.172. The Balaban J connectivity index is 1.35. The van der Waals surface area contributed by atoms with E-state index in [-0.39, 0.29) is 5.91 Å². The number of aromatic nitrogens is 1. The van der Waals surface area contributed by atoms with Crippen molar-refractivity contribution >= 4 is 40.1 Å². The fourth-order valence-electron chi connectivity index (χ4n) is 4.11. The van der Waals surface area contributed by atoms with Crippen molar-refractivity contribution in [2.75, 3.05) is 26.2 Å². The zero-order valence-electron chi connectivity index (χ0n) is 19.3. The Bertz CT molecular complexity index is 1340. The number of pyridine rings is 1. The Morgan fingerprint density at radius 3 is 2.46 bits per heavy atom. The van der Waals surface area contributed by atoms with E-state index in [0.717, 1.165) is 46.6 Å². The number of ether oxygens (including phenoxy) is 1. The lowest BCUT2D eigenvalue weighted by Gasteiger charge is -2.28. The molecule has 0 radical (unpaired) electrons. The van der Waals surface area contributed by atoms with Crippen LogP contribution in [0.2, 0.25) is 5.02 Å². The molecule has 0 bridgehead atoms. The topological polar surface area (TPSA) is 54.5 Å². The van der Waals surface area contributed by atoms with Gasteiger partial charge in [0.2, 0.25) is 0 Å². The highest BCUT2D eigenvalue weighted by molar-refractivity contribution is 6.30. The molecule has 0 atom stereocenters. The van der Waals surface area contributed by atoms with Crippen LogP contribution in [0.5, 0.6) is 5.75 Å². The van der Waals surface area contributed by atoms with Gasteiger partial charge in [0, 0.05) is 42.2 Å². The van der Waals surface area contributed by atoms with Crippen LogP contribution in [0.15, 0.2) is 84.9 Å². The van der Waals surface area contributed by atoms with Gasteiger partial charge in [0.1, 0.15) is 12.4 Å². The second-order valence-corrected chi connectivity index (χ2v) is 8.90. The van der Waals surface area contributed by atoms with Crippen molar-refractivity contribution in [2.24, 2.45) is 0 Å². The Morgan fingerprint density at radius 2 is 1.69 bits per heavy atom. The second-order valence-electron chi connectivity index (χ2n) is 8.46. The molecule has 1 saturated heterocycles. The maximum atomic E-state index is 13.4. The Labute approximate surface area is 210 Å². The first kappa shape index (κ1) is 23.1. The summed E-state index contributed by atoms with van der Waals surface area (Å²) in [6.45, 7) is 3.36. The number of carbonyl (C=O) groups excluding carboxylic acids is 1. The van der Waals surface area contributed by atoms with E-state index < -0.39 is 0 Å². The zero-order valence-corrected chi connectivity index (χ0v) is 20.0. The van der Waals surface area contributed by atoms with Crippen LogP contribution in [-0.2, 0) is 11.4 Å². The van der Waals surface area contributed by atoms with Gasteiger partial charge in [-0.15, -0.1) is 0 Å². The van der Waals surface area contributed by atoms with Crippen LogP contribution in [0.25, 0.3) is 22.6 Å². The molecule has 1 aliphatic rings. The number of halogens is 1. The highest BCUT2D eigenvalue weighted by Gasteiger charge is 2.21. The van der Waals surface area contributed by atoms with Crippen molar-refractivity contribution in [1.29, 1.82) is 0 Å². The lowest BCUT2D eigenvalue weighted by molar-refractivity contribution is -0.125. The van der Waals surface area contributed by atoms with Crippen LogP contribution >= 0.6 is 11.6 Å². The molecular formula is C29H26ClN3O2. The number of hydrogen-bond donors (Lipinski definition) is 1. The normalized spacial score (nSPS) is 14.2. The maximum Gasteiger partial charge on any atom is 0.254 e. The summed E-state index contributed by atoms with van der Waals surface area (Å²) in [5, 5.41) is 5.07. The molecule has 0 aliphatic carbocycles. The number of rotatable bonds is 6. The summed E-state index contributed by atoms with van der Waals surface area (Å²) in [6, 6.07) is 27.2. The van der Waals surface area contributed by atoms with Crippen LogP contribution in [0.1, 0.15) is 16.8 Å². The third-order valence-corrected chi connectivity index (χ3v) is 6.28. The summed E-state index contributed by atoms with van der Waals surface area (Å²) in [5.41, 5.74) is 4.24. The van der Waals surface area contributed by atoms with Gasteiger partial charge in [0.25, 0.3) is 5.91 Å². The molecule has 1 fully saturated rings. The van der Waals surface area contributed by atoms with E-state index in [9.17, 15) is 4.79 Å². The van der Waals surface area contributed by atoms with Gasteiger partial charge >= 0.3 is 0 Å². The first-order valence-electron chi connectivity index (χ1n) is 11.7. The average molecular weight is 484 g/mol. The largest absolute Gasteiger partial charge is 0.487 e. The molecule has 0 unspecified atom stereocenters. The SMILES string of the molecule is O=C(/C(=C/c1ccc(Cl)cc1)c1ccc(OCc2ccc3ccccc3n2)cc1)N1CCNCC1. The van der Waals surface area contributed by atoms with Crippen molar-refractivity contribution in [3.8, 4) is 5.75 Å². The van der Waals surface area contributed by atoms with E-state index in [1.165, 1.54) is 0 Å². The lowest BCUT2D eigenvalue weighted by Crippen LogP contribution is -2.46. The van der Waals surface area contributed by atoms with Crippen LogP contribution < -0.4 is 10.1 Å². The monoisotopic (exact) mass is 483 g/mol. The number of piperazine rings is 1. The third-order valence-electron chi connectivity index (χ3n) is 6.02. The summed E-state index contributed by atoms with van der Waals surface area (Å²) in [7, 11) is 0. The summed E-state index contributed by atoms with van der Waals surface area (Å²) >= 11 is 6.05. The molecule has 0 saturated carbocycles. The number of fused-ring (bicyclic) bond motifs is 1. The predicted octanol–water partition coefficient (Wildman–Crippen LogP) is 5.44. The van der Waals surface area contributed by atoms with Crippen molar-refractivity contribution in [3.63, 3.8) is 0 Å². The summed E-state index contributed by atoms with van der Waals surface area (Å²) in [4.78, 5) is 20.0. The predicted molar refractivity (Wildman–Crippen MR) is 141 cm³/mol. The van der Waals surface area contributed by atoms with Gasteiger partial charge in [-0.3, -0.25) is 4.79 Å². The van der Waals surface area contributed by atoms with Crippen LogP contribution in [-0.4, -0.2) is 42.0 Å². The van der Waals surface area contributed by atoms with Crippen LogP contribution in [0, 0.1) is 0 Å². The Hall–Kier alpha value is -3.67. The van der Waals surface area contributed by atoms with Crippen molar-refractivity contribution in [1.82, 2.24) is 15.2 Å².